The van der Waals surface area contributed by atoms with Crippen LogP contribution in [0.2, 0.25) is 0 Å². The molecule has 1 aliphatic heterocycles. The molecule has 2 rings (SSSR count). The quantitative estimate of drug-likeness (QED) is 0.840. The minimum atomic E-state index is -3.91. The van der Waals surface area contributed by atoms with Crippen LogP contribution in [0, 0.1) is 0 Å². The molecule has 1 fully saturated rings. The molecule has 7 nitrogen and oxygen atoms in total. The van der Waals surface area contributed by atoms with Crippen molar-refractivity contribution in [3.63, 3.8) is 0 Å². The van der Waals surface area contributed by atoms with Crippen LogP contribution in [0.5, 0.6) is 5.75 Å². The molecule has 1 aromatic carbocycles. The van der Waals surface area contributed by atoms with Crippen LogP contribution < -0.4 is 4.74 Å². The molecule has 0 amide bonds. The molecule has 0 radical (unpaired) electrons. The first-order valence-electron chi connectivity index (χ1n) is 6.46. The van der Waals surface area contributed by atoms with Crippen LogP contribution >= 0.6 is 0 Å². The maximum absolute atomic E-state index is 12.6. The molecule has 8 heteroatoms. The van der Waals surface area contributed by atoms with Crippen molar-refractivity contribution in [3.8, 4) is 5.75 Å². The average Bonchev–Trinajstić information content (AvgIpc) is 2.46. The first-order valence-corrected chi connectivity index (χ1v) is 7.90. The van der Waals surface area contributed by atoms with E-state index >= 15 is 0 Å². The van der Waals surface area contributed by atoms with Gasteiger partial charge in [0, 0.05) is 13.1 Å². The highest BCUT2D eigenvalue weighted by Gasteiger charge is 2.32. The number of piperidine rings is 1. The number of carbonyl (C=O) groups is 1. The molecular formula is C13H17NO6S. The van der Waals surface area contributed by atoms with Gasteiger partial charge in [0.15, 0.2) is 0 Å². The van der Waals surface area contributed by atoms with Gasteiger partial charge in [0.25, 0.3) is 0 Å². The van der Waals surface area contributed by atoms with Crippen molar-refractivity contribution in [2.75, 3.05) is 20.2 Å². The summed E-state index contributed by atoms with van der Waals surface area (Å²) in [6.45, 7) is 0.294. The second kappa shape index (κ2) is 6.00. The summed E-state index contributed by atoms with van der Waals surface area (Å²) >= 11 is 0. The van der Waals surface area contributed by atoms with Gasteiger partial charge in [0.2, 0.25) is 10.0 Å². The number of benzene rings is 1. The van der Waals surface area contributed by atoms with E-state index in [1.807, 2.05) is 0 Å². The van der Waals surface area contributed by atoms with Gasteiger partial charge in [0.1, 0.15) is 10.6 Å². The van der Waals surface area contributed by atoms with Gasteiger partial charge in [-0.1, -0.05) is 0 Å². The van der Waals surface area contributed by atoms with Crippen molar-refractivity contribution in [2.24, 2.45) is 0 Å². The van der Waals surface area contributed by atoms with Crippen molar-refractivity contribution < 1.29 is 28.2 Å². The summed E-state index contributed by atoms with van der Waals surface area (Å²) in [6, 6.07) is 3.68. The molecule has 21 heavy (non-hydrogen) atoms. The molecular weight excluding hydrogens is 298 g/mol. The zero-order chi connectivity index (χ0) is 15.6. The maximum atomic E-state index is 12.6. The van der Waals surface area contributed by atoms with Crippen LogP contribution in [-0.2, 0) is 10.0 Å². The summed E-state index contributed by atoms with van der Waals surface area (Å²) in [7, 11) is -2.59. The molecule has 2 N–H and O–H groups in total. The predicted octanol–water partition coefficient (Wildman–Crippen LogP) is 0.539. The third-order valence-corrected chi connectivity index (χ3v) is 5.27. The summed E-state index contributed by atoms with van der Waals surface area (Å²) < 4.78 is 31.4. The fourth-order valence-electron chi connectivity index (χ4n) is 2.29. The van der Waals surface area contributed by atoms with E-state index in [4.69, 9.17) is 9.84 Å². The van der Waals surface area contributed by atoms with Gasteiger partial charge < -0.3 is 14.9 Å². The summed E-state index contributed by atoms with van der Waals surface area (Å²) in [5.41, 5.74) is -0.132. The first kappa shape index (κ1) is 15.7. The van der Waals surface area contributed by atoms with E-state index in [2.05, 4.69) is 0 Å². The molecule has 0 spiro atoms. The number of ether oxygens (including phenoxy) is 1. The van der Waals surface area contributed by atoms with Gasteiger partial charge in [-0.05, 0) is 31.0 Å². The summed E-state index contributed by atoms with van der Waals surface area (Å²) in [4.78, 5) is 10.8. The van der Waals surface area contributed by atoms with E-state index in [9.17, 15) is 18.3 Å². The number of aliphatic hydroxyl groups is 1. The third-order valence-electron chi connectivity index (χ3n) is 3.39. The number of sulfonamides is 1. The van der Waals surface area contributed by atoms with E-state index in [0.29, 0.717) is 19.4 Å². The molecule has 1 heterocycles. The number of hydrogen-bond acceptors (Lipinski definition) is 5. The summed E-state index contributed by atoms with van der Waals surface area (Å²) in [6.07, 6.45) is 0.404. The SMILES string of the molecule is COc1ccc(C(=O)O)cc1S(=O)(=O)N1CCCC(O)C1. The van der Waals surface area contributed by atoms with Crippen molar-refractivity contribution in [1.29, 1.82) is 0 Å². The zero-order valence-electron chi connectivity index (χ0n) is 11.5. The minimum Gasteiger partial charge on any atom is -0.495 e. The Bertz CT molecular complexity index is 642. The van der Waals surface area contributed by atoms with Crippen molar-refractivity contribution in [1.82, 2.24) is 4.31 Å². The number of β-amino-alcohol motifs (C(OH)–C–C–N with tert-alkyl or cyclic N) is 1. The van der Waals surface area contributed by atoms with E-state index in [-0.39, 0.29) is 22.8 Å². The maximum Gasteiger partial charge on any atom is 0.335 e. The molecule has 0 aromatic heterocycles. The lowest BCUT2D eigenvalue weighted by Crippen LogP contribution is -2.42. The second-order valence-electron chi connectivity index (χ2n) is 4.83. The summed E-state index contributed by atoms with van der Waals surface area (Å²) in [5.74, 6) is -1.13. The summed E-state index contributed by atoms with van der Waals surface area (Å²) in [5, 5.41) is 18.6. The predicted molar refractivity (Wildman–Crippen MR) is 74.0 cm³/mol. The number of carboxylic acid groups (broad SMARTS) is 1. The third kappa shape index (κ3) is 3.17. The number of hydrogen-bond donors (Lipinski definition) is 2. The second-order valence-corrected chi connectivity index (χ2v) is 6.74. The molecule has 0 bridgehead atoms. The van der Waals surface area contributed by atoms with Crippen molar-refractivity contribution in [2.45, 2.75) is 23.8 Å². The molecule has 116 valence electrons. The highest BCUT2D eigenvalue weighted by molar-refractivity contribution is 7.89. The Morgan fingerprint density at radius 1 is 1.43 bits per heavy atom. The first-order chi connectivity index (χ1) is 9.86. The normalized spacial score (nSPS) is 20.2. The van der Waals surface area contributed by atoms with Crippen molar-refractivity contribution >= 4 is 16.0 Å². The van der Waals surface area contributed by atoms with Gasteiger partial charge >= 0.3 is 5.97 Å². The highest BCUT2D eigenvalue weighted by atomic mass is 32.2. The van der Waals surface area contributed by atoms with Crippen LogP contribution in [0.3, 0.4) is 0 Å². The number of rotatable bonds is 4. The van der Waals surface area contributed by atoms with Crippen LogP contribution in [0.1, 0.15) is 23.2 Å². The van der Waals surface area contributed by atoms with E-state index in [1.165, 1.54) is 19.2 Å². The van der Waals surface area contributed by atoms with E-state index < -0.39 is 22.1 Å². The minimum absolute atomic E-state index is 0.00276. The lowest BCUT2D eigenvalue weighted by molar-refractivity contribution is 0.0696. The molecule has 1 aromatic rings. The molecule has 1 atom stereocenters. The Labute approximate surface area is 122 Å². The number of carboxylic acids is 1. The Kier molecular flexibility index (Phi) is 4.50. The average molecular weight is 315 g/mol. The zero-order valence-corrected chi connectivity index (χ0v) is 12.3. The monoisotopic (exact) mass is 315 g/mol. The van der Waals surface area contributed by atoms with Crippen LogP contribution in [-0.4, -0.2) is 55.2 Å². The van der Waals surface area contributed by atoms with Crippen LogP contribution in [0.4, 0.5) is 0 Å². The van der Waals surface area contributed by atoms with Crippen LogP contribution in [0.15, 0.2) is 23.1 Å². The molecule has 1 unspecified atom stereocenters. The molecule has 0 aliphatic carbocycles. The van der Waals surface area contributed by atoms with Crippen molar-refractivity contribution in [3.05, 3.63) is 23.8 Å². The number of aromatic carboxylic acids is 1. The fourth-order valence-corrected chi connectivity index (χ4v) is 3.99. The number of nitrogens with zero attached hydrogens (tertiary/aromatic N) is 1. The lowest BCUT2D eigenvalue weighted by Gasteiger charge is -2.29. The largest absolute Gasteiger partial charge is 0.495 e. The highest BCUT2D eigenvalue weighted by Crippen LogP contribution is 2.29. The van der Waals surface area contributed by atoms with Gasteiger partial charge in [-0.2, -0.15) is 4.31 Å². The smallest absolute Gasteiger partial charge is 0.335 e. The topological polar surface area (TPSA) is 104 Å². The van der Waals surface area contributed by atoms with Gasteiger partial charge in [0.05, 0.1) is 18.8 Å². The number of methoxy groups -OCH3 is 1. The Morgan fingerprint density at radius 2 is 2.14 bits per heavy atom. The fraction of sp³-hybridized carbons (Fsp3) is 0.462. The molecule has 1 aliphatic rings. The Morgan fingerprint density at radius 3 is 2.71 bits per heavy atom. The lowest BCUT2D eigenvalue weighted by atomic mass is 10.1. The van der Waals surface area contributed by atoms with Gasteiger partial charge in [-0.3, -0.25) is 0 Å². The molecule has 0 saturated carbocycles. The Hall–Kier alpha value is -1.64. The van der Waals surface area contributed by atoms with E-state index in [0.717, 1.165) is 10.4 Å². The van der Waals surface area contributed by atoms with Gasteiger partial charge in [-0.25, -0.2) is 13.2 Å². The standard InChI is InChI=1S/C13H17NO6S/c1-20-11-5-4-9(13(16)17)7-12(11)21(18,19)14-6-2-3-10(15)8-14/h4-5,7,10,15H,2-3,6,8H2,1H3,(H,16,17). The Balaban J connectivity index is 2.47. The van der Waals surface area contributed by atoms with Gasteiger partial charge in [-0.15, -0.1) is 0 Å². The number of aliphatic hydroxyl groups excluding tert-OH is 1. The van der Waals surface area contributed by atoms with Crippen LogP contribution in [0.25, 0.3) is 0 Å². The molecule has 1 saturated heterocycles. The van der Waals surface area contributed by atoms with E-state index in [1.54, 1.807) is 0 Å².